The average molecular weight is 306 g/mol. The molecule has 3 atom stereocenters. The summed E-state index contributed by atoms with van der Waals surface area (Å²) < 4.78 is 2.33. The van der Waals surface area contributed by atoms with E-state index in [0.717, 1.165) is 28.8 Å². The maximum Gasteiger partial charge on any atom is 0.160 e. The monoisotopic (exact) mass is 305 g/mol. The van der Waals surface area contributed by atoms with E-state index in [9.17, 15) is 0 Å². The lowest BCUT2D eigenvalue weighted by Gasteiger charge is -2.33. The Labute approximate surface area is 131 Å². The summed E-state index contributed by atoms with van der Waals surface area (Å²) in [5.74, 6) is 2.47. The van der Waals surface area contributed by atoms with Crippen LogP contribution in [0.4, 0.5) is 0 Å². The van der Waals surface area contributed by atoms with Crippen molar-refractivity contribution in [2.75, 3.05) is 0 Å². The van der Waals surface area contributed by atoms with Gasteiger partial charge < -0.3 is 4.57 Å². The number of aromatic nitrogens is 3. The number of alkyl halides is 1. The number of aryl methyl sites for hydroxylation is 1. The van der Waals surface area contributed by atoms with E-state index in [-0.39, 0.29) is 5.38 Å². The third-order valence-corrected chi connectivity index (χ3v) is 4.88. The zero-order valence-corrected chi connectivity index (χ0v) is 14.1. The fraction of sp³-hybridized carbons (Fsp3) is 0.647. The molecule has 0 amide bonds. The quantitative estimate of drug-likeness (QED) is 0.728. The molecule has 114 valence electrons. The van der Waals surface area contributed by atoms with E-state index in [4.69, 9.17) is 16.6 Å². The van der Waals surface area contributed by atoms with Crippen LogP contribution in [0.3, 0.4) is 0 Å². The summed E-state index contributed by atoms with van der Waals surface area (Å²) in [4.78, 5) is 9.42. The van der Waals surface area contributed by atoms with Crippen LogP contribution in [0, 0.1) is 18.8 Å². The van der Waals surface area contributed by atoms with Gasteiger partial charge in [0.15, 0.2) is 5.65 Å². The molecule has 2 aromatic heterocycles. The molecule has 0 aliphatic heterocycles. The third kappa shape index (κ3) is 2.68. The Morgan fingerprint density at radius 1 is 1.24 bits per heavy atom. The Hall–Kier alpha value is -1.09. The van der Waals surface area contributed by atoms with Gasteiger partial charge in [0.1, 0.15) is 11.3 Å². The summed E-state index contributed by atoms with van der Waals surface area (Å²) >= 11 is 6.41. The molecule has 0 aromatic carbocycles. The van der Waals surface area contributed by atoms with E-state index in [1.54, 1.807) is 0 Å². The molecule has 3 unspecified atom stereocenters. The summed E-state index contributed by atoms with van der Waals surface area (Å²) in [5.41, 5.74) is 3.18. The summed E-state index contributed by atoms with van der Waals surface area (Å²) in [7, 11) is 0. The van der Waals surface area contributed by atoms with Gasteiger partial charge in [0, 0.05) is 12.2 Å². The fourth-order valence-electron chi connectivity index (χ4n) is 3.88. The number of nitrogens with zero attached hydrogens (tertiary/aromatic N) is 3. The van der Waals surface area contributed by atoms with Crippen molar-refractivity contribution in [3.8, 4) is 0 Å². The van der Waals surface area contributed by atoms with Crippen molar-refractivity contribution in [3.05, 3.63) is 23.7 Å². The maximum atomic E-state index is 6.41. The van der Waals surface area contributed by atoms with Crippen molar-refractivity contribution in [3.63, 3.8) is 0 Å². The van der Waals surface area contributed by atoms with Crippen LogP contribution in [-0.2, 0) is 0 Å². The number of imidazole rings is 1. The Bertz CT molecular complexity index is 637. The molecule has 0 spiro atoms. The summed E-state index contributed by atoms with van der Waals surface area (Å²) in [6.07, 6.45) is 5.60. The van der Waals surface area contributed by atoms with Gasteiger partial charge in [0.2, 0.25) is 0 Å². The molecular formula is C17H24ClN3. The standard InChI is InChI=1S/C17H24ClN3/c1-10-7-11(2)9-14(8-10)21-16(13(4)18)20-15-12(3)5-6-19-17(15)21/h5-6,10-11,13-14H,7-9H2,1-4H3. The van der Waals surface area contributed by atoms with Gasteiger partial charge in [-0.25, -0.2) is 9.97 Å². The van der Waals surface area contributed by atoms with E-state index in [0.29, 0.717) is 6.04 Å². The van der Waals surface area contributed by atoms with E-state index < -0.39 is 0 Å². The molecule has 0 bridgehead atoms. The molecule has 1 saturated carbocycles. The van der Waals surface area contributed by atoms with Crippen molar-refractivity contribution in [2.45, 2.75) is 58.4 Å². The molecule has 0 saturated heterocycles. The average Bonchev–Trinajstić information content (AvgIpc) is 2.78. The van der Waals surface area contributed by atoms with Crippen molar-refractivity contribution in [1.29, 1.82) is 0 Å². The van der Waals surface area contributed by atoms with Gasteiger partial charge >= 0.3 is 0 Å². The number of rotatable bonds is 2. The predicted octanol–water partition coefficient (Wildman–Crippen LogP) is 5.04. The zero-order chi connectivity index (χ0) is 15.1. The summed E-state index contributed by atoms with van der Waals surface area (Å²) in [5, 5.41) is -0.0915. The molecule has 4 heteroatoms. The largest absolute Gasteiger partial charge is 0.308 e. The molecule has 2 aromatic rings. The minimum absolute atomic E-state index is 0.0915. The molecule has 1 fully saturated rings. The van der Waals surface area contributed by atoms with Crippen LogP contribution in [0.1, 0.15) is 62.8 Å². The molecule has 3 nitrogen and oxygen atoms in total. The zero-order valence-electron chi connectivity index (χ0n) is 13.3. The minimum Gasteiger partial charge on any atom is -0.308 e. The van der Waals surface area contributed by atoms with E-state index in [2.05, 4.69) is 30.3 Å². The van der Waals surface area contributed by atoms with Gasteiger partial charge in [0.05, 0.1) is 5.38 Å². The Balaban J connectivity index is 2.15. The molecule has 1 aliphatic rings. The first-order chi connectivity index (χ1) is 9.97. The lowest BCUT2D eigenvalue weighted by Crippen LogP contribution is -2.24. The number of fused-ring (bicyclic) bond motifs is 1. The van der Waals surface area contributed by atoms with Gasteiger partial charge in [-0.2, -0.15) is 0 Å². The van der Waals surface area contributed by atoms with Gasteiger partial charge in [-0.1, -0.05) is 13.8 Å². The highest BCUT2D eigenvalue weighted by molar-refractivity contribution is 6.20. The van der Waals surface area contributed by atoms with Crippen molar-refractivity contribution in [2.24, 2.45) is 11.8 Å². The van der Waals surface area contributed by atoms with Gasteiger partial charge in [-0.3, -0.25) is 0 Å². The van der Waals surface area contributed by atoms with Crippen LogP contribution >= 0.6 is 11.6 Å². The van der Waals surface area contributed by atoms with Crippen LogP contribution in [0.25, 0.3) is 11.2 Å². The normalized spacial score (nSPS) is 28.0. The van der Waals surface area contributed by atoms with Crippen LogP contribution < -0.4 is 0 Å². The van der Waals surface area contributed by atoms with Gasteiger partial charge in [0.25, 0.3) is 0 Å². The molecule has 1 aliphatic carbocycles. The first-order valence-corrected chi connectivity index (χ1v) is 8.38. The number of hydrogen-bond acceptors (Lipinski definition) is 2. The van der Waals surface area contributed by atoms with E-state index in [1.165, 1.54) is 24.8 Å². The topological polar surface area (TPSA) is 30.7 Å². The smallest absolute Gasteiger partial charge is 0.160 e. The molecular weight excluding hydrogens is 282 g/mol. The second kappa shape index (κ2) is 5.60. The lowest BCUT2D eigenvalue weighted by molar-refractivity contribution is 0.221. The Morgan fingerprint density at radius 3 is 2.52 bits per heavy atom. The second-order valence-corrected chi connectivity index (χ2v) is 7.48. The highest BCUT2D eigenvalue weighted by atomic mass is 35.5. The van der Waals surface area contributed by atoms with Gasteiger partial charge in [-0.05, 0) is 56.6 Å². The lowest BCUT2D eigenvalue weighted by atomic mass is 9.80. The van der Waals surface area contributed by atoms with Crippen molar-refractivity contribution >= 4 is 22.8 Å². The number of pyridine rings is 1. The van der Waals surface area contributed by atoms with Crippen LogP contribution in [0.2, 0.25) is 0 Å². The third-order valence-electron chi connectivity index (χ3n) is 4.68. The molecule has 3 rings (SSSR count). The van der Waals surface area contributed by atoms with E-state index in [1.807, 2.05) is 19.2 Å². The Kier molecular flexibility index (Phi) is 3.96. The molecule has 0 radical (unpaired) electrons. The first kappa shape index (κ1) is 14.8. The minimum atomic E-state index is -0.0915. The highest BCUT2D eigenvalue weighted by Crippen LogP contribution is 2.39. The van der Waals surface area contributed by atoms with Crippen LogP contribution in [0.15, 0.2) is 12.3 Å². The number of hydrogen-bond donors (Lipinski definition) is 0. The SMILES string of the molecule is Cc1ccnc2c1nc(C(C)Cl)n2C1CC(C)CC(C)C1. The summed E-state index contributed by atoms with van der Waals surface area (Å²) in [6, 6.07) is 2.49. The van der Waals surface area contributed by atoms with Crippen LogP contribution in [-0.4, -0.2) is 14.5 Å². The number of halogens is 1. The van der Waals surface area contributed by atoms with Crippen molar-refractivity contribution in [1.82, 2.24) is 14.5 Å². The Morgan fingerprint density at radius 2 is 1.90 bits per heavy atom. The van der Waals surface area contributed by atoms with Crippen molar-refractivity contribution < 1.29 is 0 Å². The molecule has 2 heterocycles. The molecule has 21 heavy (non-hydrogen) atoms. The van der Waals surface area contributed by atoms with E-state index >= 15 is 0 Å². The first-order valence-electron chi connectivity index (χ1n) is 7.94. The summed E-state index contributed by atoms with van der Waals surface area (Å²) in [6.45, 7) is 8.80. The second-order valence-electron chi connectivity index (χ2n) is 6.83. The maximum absolute atomic E-state index is 6.41. The van der Waals surface area contributed by atoms with Crippen LogP contribution in [0.5, 0.6) is 0 Å². The molecule has 0 N–H and O–H groups in total. The highest BCUT2D eigenvalue weighted by Gasteiger charge is 2.29. The fourth-order valence-corrected chi connectivity index (χ4v) is 4.04. The predicted molar refractivity (Wildman–Crippen MR) is 87.7 cm³/mol. The van der Waals surface area contributed by atoms with Gasteiger partial charge in [-0.15, -0.1) is 11.6 Å².